The molecule has 0 aliphatic heterocycles. The summed E-state index contributed by atoms with van der Waals surface area (Å²) in [6, 6.07) is 0. The lowest BCUT2D eigenvalue weighted by Crippen LogP contribution is -2.52. The van der Waals surface area contributed by atoms with Gasteiger partial charge in [-0.1, -0.05) is 20.8 Å². The maximum absolute atomic E-state index is 12.1. The van der Waals surface area contributed by atoms with Crippen molar-refractivity contribution in [3.8, 4) is 0 Å². The lowest BCUT2D eigenvalue weighted by atomic mass is 9.46. The second-order valence-electron chi connectivity index (χ2n) is 10.0. The molecule has 0 bridgehead atoms. The summed E-state index contributed by atoms with van der Waals surface area (Å²) >= 11 is 0. The standard InChI is InChI=1S/C22H35NO2/c1-13(12-24)15-6-7-16-14-4-5-18-20(23)19(25)9-11-22(18,3)17(14)8-10-21(15,16)2/h13-17,24H,4-12,23H2,1-3H3/t13-,14+,15-,16+,17+,21-,22-/m1/s1. The molecule has 4 aliphatic rings. The Hall–Kier alpha value is -0.830. The molecule has 3 saturated carbocycles. The van der Waals surface area contributed by atoms with Crippen LogP contribution in [0, 0.1) is 40.4 Å². The van der Waals surface area contributed by atoms with Gasteiger partial charge in [0.25, 0.3) is 0 Å². The number of hydrogen-bond donors (Lipinski definition) is 2. The smallest absolute Gasteiger partial charge is 0.178 e. The zero-order valence-electron chi connectivity index (χ0n) is 16.2. The maximum Gasteiger partial charge on any atom is 0.178 e. The van der Waals surface area contributed by atoms with Crippen molar-refractivity contribution in [1.29, 1.82) is 0 Å². The molecule has 140 valence electrons. The van der Waals surface area contributed by atoms with E-state index in [0.717, 1.165) is 24.7 Å². The molecule has 0 radical (unpaired) electrons. The van der Waals surface area contributed by atoms with E-state index in [1.165, 1.54) is 37.7 Å². The first-order valence-electron chi connectivity index (χ1n) is 10.5. The van der Waals surface area contributed by atoms with Crippen molar-refractivity contribution < 1.29 is 9.90 Å². The molecule has 3 fully saturated rings. The van der Waals surface area contributed by atoms with E-state index in [-0.39, 0.29) is 11.2 Å². The zero-order chi connectivity index (χ0) is 18.0. The Labute approximate surface area is 152 Å². The van der Waals surface area contributed by atoms with Gasteiger partial charge in [-0.15, -0.1) is 0 Å². The largest absolute Gasteiger partial charge is 0.396 e. The number of hydrogen-bond acceptors (Lipinski definition) is 3. The highest BCUT2D eigenvalue weighted by atomic mass is 16.3. The number of allylic oxidation sites excluding steroid dienone is 1. The molecular weight excluding hydrogens is 310 g/mol. The average molecular weight is 346 g/mol. The van der Waals surface area contributed by atoms with Gasteiger partial charge in [-0.05, 0) is 90.9 Å². The fourth-order valence-electron chi connectivity index (χ4n) is 7.86. The third-order valence-electron chi connectivity index (χ3n) is 9.22. The Balaban J connectivity index is 1.66. The fourth-order valence-corrected chi connectivity index (χ4v) is 7.86. The molecule has 3 nitrogen and oxygen atoms in total. The van der Waals surface area contributed by atoms with Gasteiger partial charge >= 0.3 is 0 Å². The summed E-state index contributed by atoms with van der Waals surface area (Å²) < 4.78 is 0. The summed E-state index contributed by atoms with van der Waals surface area (Å²) in [7, 11) is 0. The van der Waals surface area contributed by atoms with Crippen molar-refractivity contribution in [1.82, 2.24) is 0 Å². The Bertz CT molecular complexity index is 611. The Morgan fingerprint density at radius 3 is 2.60 bits per heavy atom. The summed E-state index contributed by atoms with van der Waals surface area (Å²) in [5.41, 5.74) is 8.72. The lowest BCUT2D eigenvalue weighted by Gasteiger charge is -2.58. The number of ketones is 1. The maximum atomic E-state index is 12.1. The molecule has 25 heavy (non-hydrogen) atoms. The first kappa shape index (κ1) is 17.6. The highest BCUT2D eigenvalue weighted by Gasteiger charge is 2.59. The van der Waals surface area contributed by atoms with E-state index >= 15 is 0 Å². The Morgan fingerprint density at radius 1 is 1.12 bits per heavy atom. The normalized spacial score (nSPS) is 47.9. The second-order valence-corrected chi connectivity index (χ2v) is 10.0. The topological polar surface area (TPSA) is 63.3 Å². The van der Waals surface area contributed by atoms with Crippen molar-refractivity contribution in [2.45, 2.75) is 72.1 Å². The van der Waals surface area contributed by atoms with E-state index in [2.05, 4.69) is 20.8 Å². The SMILES string of the molecule is C[C@H](CO)[C@H]1CC[C@H]2[C@@H]3CCC4=C(N)C(=O)CC[C@]4(C)[C@H]3CC[C@]12C. The van der Waals surface area contributed by atoms with E-state index in [9.17, 15) is 9.90 Å². The van der Waals surface area contributed by atoms with Crippen LogP contribution in [0.4, 0.5) is 0 Å². The molecule has 4 aliphatic carbocycles. The quantitative estimate of drug-likeness (QED) is 0.793. The molecule has 3 heteroatoms. The monoisotopic (exact) mass is 345 g/mol. The summed E-state index contributed by atoms with van der Waals surface area (Å²) in [6.45, 7) is 7.49. The van der Waals surface area contributed by atoms with Crippen molar-refractivity contribution >= 4 is 5.78 Å². The number of carbonyl (C=O) groups excluding carboxylic acids is 1. The molecule has 0 saturated heterocycles. The minimum absolute atomic E-state index is 0.156. The number of rotatable bonds is 2. The molecule has 0 aromatic carbocycles. The minimum atomic E-state index is 0.156. The van der Waals surface area contributed by atoms with Gasteiger partial charge in [0, 0.05) is 13.0 Å². The summed E-state index contributed by atoms with van der Waals surface area (Å²) in [4.78, 5) is 12.1. The van der Waals surface area contributed by atoms with Crippen LogP contribution in [-0.2, 0) is 4.79 Å². The third kappa shape index (κ3) is 2.30. The molecule has 0 aromatic heterocycles. The van der Waals surface area contributed by atoms with Gasteiger partial charge < -0.3 is 10.8 Å². The van der Waals surface area contributed by atoms with Gasteiger partial charge in [0.1, 0.15) is 0 Å². The third-order valence-corrected chi connectivity index (χ3v) is 9.22. The van der Waals surface area contributed by atoms with Crippen LogP contribution < -0.4 is 5.73 Å². The predicted molar refractivity (Wildman–Crippen MR) is 99.6 cm³/mol. The number of nitrogens with two attached hydrogens (primary N) is 1. The molecule has 3 N–H and O–H groups in total. The van der Waals surface area contributed by atoms with Gasteiger partial charge in [-0.25, -0.2) is 0 Å². The van der Waals surface area contributed by atoms with Crippen LogP contribution in [0.3, 0.4) is 0 Å². The van der Waals surface area contributed by atoms with E-state index in [1.54, 1.807) is 0 Å². The number of Topliss-reactive ketones (excluding diaryl/α,β-unsaturated/α-hetero) is 1. The number of fused-ring (bicyclic) bond motifs is 5. The lowest BCUT2D eigenvalue weighted by molar-refractivity contribution is -0.119. The summed E-state index contributed by atoms with van der Waals surface area (Å²) in [5, 5.41) is 9.73. The highest BCUT2D eigenvalue weighted by Crippen LogP contribution is 2.67. The number of aliphatic hydroxyl groups is 1. The molecule has 0 amide bonds. The van der Waals surface area contributed by atoms with Crippen LogP contribution in [0.1, 0.15) is 72.1 Å². The molecule has 0 unspecified atom stereocenters. The van der Waals surface area contributed by atoms with Crippen LogP contribution in [0.15, 0.2) is 11.3 Å². The van der Waals surface area contributed by atoms with Gasteiger partial charge in [0.2, 0.25) is 0 Å². The zero-order valence-corrected chi connectivity index (χ0v) is 16.2. The molecule has 0 heterocycles. The van der Waals surface area contributed by atoms with Gasteiger partial charge in [0.05, 0.1) is 5.70 Å². The van der Waals surface area contributed by atoms with Gasteiger partial charge in [-0.3, -0.25) is 4.79 Å². The van der Waals surface area contributed by atoms with Crippen molar-refractivity contribution in [2.75, 3.05) is 6.61 Å². The van der Waals surface area contributed by atoms with Crippen molar-refractivity contribution in [2.24, 2.45) is 46.2 Å². The van der Waals surface area contributed by atoms with Crippen LogP contribution in [0.5, 0.6) is 0 Å². The molecule has 0 spiro atoms. The molecule has 0 aromatic rings. The Kier molecular flexibility index (Phi) is 4.10. The predicted octanol–water partition coefficient (Wildman–Crippen LogP) is 4.05. The second kappa shape index (κ2) is 5.84. The molecule has 7 atom stereocenters. The molecule has 4 rings (SSSR count). The van der Waals surface area contributed by atoms with Crippen LogP contribution in [-0.4, -0.2) is 17.5 Å². The van der Waals surface area contributed by atoms with Crippen molar-refractivity contribution in [3.05, 3.63) is 11.3 Å². The van der Waals surface area contributed by atoms with Gasteiger partial charge in [-0.2, -0.15) is 0 Å². The number of carbonyl (C=O) groups is 1. The first-order chi connectivity index (χ1) is 11.8. The van der Waals surface area contributed by atoms with E-state index in [1.807, 2.05) is 0 Å². The highest BCUT2D eigenvalue weighted by molar-refractivity contribution is 5.96. The summed E-state index contributed by atoms with van der Waals surface area (Å²) in [5.74, 6) is 3.55. The molecular formula is C22H35NO2. The van der Waals surface area contributed by atoms with Crippen LogP contribution in [0.25, 0.3) is 0 Å². The average Bonchev–Trinajstić information content (AvgIpc) is 2.95. The van der Waals surface area contributed by atoms with Crippen LogP contribution >= 0.6 is 0 Å². The summed E-state index contributed by atoms with van der Waals surface area (Å²) in [6.07, 6.45) is 9.05. The van der Waals surface area contributed by atoms with E-state index in [0.29, 0.717) is 41.9 Å². The van der Waals surface area contributed by atoms with Crippen molar-refractivity contribution in [3.63, 3.8) is 0 Å². The number of aliphatic hydroxyl groups excluding tert-OH is 1. The van der Waals surface area contributed by atoms with E-state index < -0.39 is 0 Å². The van der Waals surface area contributed by atoms with E-state index in [4.69, 9.17) is 5.73 Å². The van der Waals surface area contributed by atoms with Crippen LogP contribution in [0.2, 0.25) is 0 Å². The minimum Gasteiger partial charge on any atom is -0.396 e. The Morgan fingerprint density at radius 2 is 1.88 bits per heavy atom. The van der Waals surface area contributed by atoms with Gasteiger partial charge in [0.15, 0.2) is 5.78 Å². The fraction of sp³-hybridized carbons (Fsp3) is 0.864. The first-order valence-corrected chi connectivity index (χ1v) is 10.5.